The Hall–Kier alpha value is -3.93. The van der Waals surface area contributed by atoms with Crippen molar-refractivity contribution in [2.24, 2.45) is 0 Å². The standard InChI is InChI=1S/C25H22N3O3/c1-17(20-9-12-25-23(15-20)22-5-3-4-6-24(22)31-25)27-14-13-26(18(27)2)16-19-7-10-21(11-8-19)28(29)30/h3-15,17H,16H2,1-2H3/q+1. The van der Waals surface area contributed by atoms with E-state index in [0.29, 0.717) is 6.54 Å². The molecule has 0 radical (unpaired) electrons. The van der Waals surface area contributed by atoms with E-state index in [1.165, 1.54) is 5.56 Å². The lowest BCUT2D eigenvalue weighted by Crippen LogP contribution is -2.36. The molecular weight excluding hydrogens is 390 g/mol. The Morgan fingerprint density at radius 1 is 1.03 bits per heavy atom. The van der Waals surface area contributed by atoms with Gasteiger partial charge in [-0.25, -0.2) is 9.13 Å². The Morgan fingerprint density at radius 2 is 1.77 bits per heavy atom. The predicted octanol–water partition coefficient (Wildman–Crippen LogP) is 5.55. The number of para-hydroxylation sites is 1. The van der Waals surface area contributed by atoms with Crippen molar-refractivity contribution in [1.29, 1.82) is 0 Å². The van der Waals surface area contributed by atoms with E-state index >= 15 is 0 Å². The number of benzene rings is 3. The summed E-state index contributed by atoms with van der Waals surface area (Å²) in [6.45, 7) is 4.94. The van der Waals surface area contributed by atoms with E-state index in [2.05, 4.69) is 53.6 Å². The zero-order valence-electron chi connectivity index (χ0n) is 17.4. The third-order valence-corrected chi connectivity index (χ3v) is 6.00. The number of hydrogen-bond acceptors (Lipinski definition) is 3. The molecule has 0 saturated heterocycles. The number of hydrogen-bond donors (Lipinski definition) is 0. The van der Waals surface area contributed by atoms with Gasteiger partial charge in [0.15, 0.2) is 0 Å². The number of aromatic nitrogens is 2. The van der Waals surface area contributed by atoms with Gasteiger partial charge >= 0.3 is 0 Å². The summed E-state index contributed by atoms with van der Waals surface area (Å²) in [7, 11) is 0. The highest BCUT2D eigenvalue weighted by Gasteiger charge is 2.21. The molecule has 0 N–H and O–H groups in total. The lowest BCUT2D eigenvalue weighted by atomic mass is 10.0. The molecule has 154 valence electrons. The van der Waals surface area contributed by atoms with Gasteiger partial charge in [0.1, 0.15) is 36.1 Å². The van der Waals surface area contributed by atoms with Crippen LogP contribution >= 0.6 is 0 Å². The maximum absolute atomic E-state index is 10.9. The summed E-state index contributed by atoms with van der Waals surface area (Å²) < 4.78 is 10.4. The van der Waals surface area contributed by atoms with Crippen molar-refractivity contribution in [2.45, 2.75) is 26.4 Å². The Labute approximate surface area is 179 Å². The Morgan fingerprint density at radius 3 is 2.55 bits per heavy atom. The highest BCUT2D eigenvalue weighted by molar-refractivity contribution is 6.05. The maximum Gasteiger partial charge on any atom is 0.269 e. The van der Waals surface area contributed by atoms with Crippen molar-refractivity contribution in [3.05, 3.63) is 106 Å². The number of imidazole rings is 1. The molecule has 0 fully saturated rings. The fourth-order valence-corrected chi connectivity index (χ4v) is 4.18. The van der Waals surface area contributed by atoms with E-state index in [9.17, 15) is 10.1 Å². The second-order valence-corrected chi connectivity index (χ2v) is 7.83. The first-order valence-corrected chi connectivity index (χ1v) is 10.2. The normalized spacial score (nSPS) is 12.5. The van der Waals surface area contributed by atoms with Crippen LogP contribution < -0.4 is 4.57 Å². The van der Waals surface area contributed by atoms with Crippen molar-refractivity contribution in [3.63, 3.8) is 0 Å². The van der Waals surface area contributed by atoms with E-state index in [0.717, 1.165) is 33.3 Å². The molecule has 0 aliphatic heterocycles. The lowest BCUT2D eigenvalue weighted by molar-refractivity contribution is -0.694. The van der Waals surface area contributed by atoms with Crippen molar-refractivity contribution in [1.82, 2.24) is 4.57 Å². The monoisotopic (exact) mass is 412 g/mol. The van der Waals surface area contributed by atoms with E-state index in [1.807, 2.05) is 36.4 Å². The van der Waals surface area contributed by atoms with E-state index in [1.54, 1.807) is 12.1 Å². The number of furan rings is 1. The smallest absolute Gasteiger partial charge is 0.269 e. The SMILES string of the molecule is Cc1n(C(C)c2ccc3oc4ccccc4c3c2)cc[n+]1Cc1ccc([N+](=O)[O-])cc1. The molecule has 3 aromatic carbocycles. The fraction of sp³-hybridized carbons (Fsp3) is 0.160. The van der Waals surface area contributed by atoms with Crippen molar-refractivity contribution in [2.75, 3.05) is 0 Å². The molecule has 0 aliphatic carbocycles. The summed E-state index contributed by atoms with van der Waals surface area (Å²) >= 11 is 0. The molecule has 2 aromatic heterocycles. The summed E-state index contributed by atoms with van der Waals surface area (Å²) in [5.41, 5.74) is 4.14. The number of nitrogens with zero attached hydrogens (tertiary/aromatic N) is 3. The number of nitro groups is 1. The van der Waals surface area contributed by atoms with Gasteiger partial charge in [-0.2, -0.15) is 0 Å². The third-order valence-electron chi connectivity index (χ3n) is 6.00. The molecule has 6 heteroatoms. The highest BCUT2D eigenvalue weighted by Crippen LogP contribution is 2.31. The number of non-ortho nitro benzene ring substituents is 1. The molecule has 6 nitrogen and oxygen atoms in total. The average molecular weight is 412 g/mol. The maximum atomic E-state index is 10.9. The largest absolute Gasteiger partial charge is 0.456 e. The van der Waals surface area contributed by atoms with Gasteiger partial charge in [0, 0.05) is 29.8 Å². The Kier molecular flexibility index (Phi) is 4.55. The number of rotatable bonds is 5. The van der Waals surface area contributed by atoms with Crippen LogP contribution in [-0.4, -0.2) is 9.49 Å². The quantitative estimate of drug-likeness (QED) is 0.216. The predicted molar refractivity (Wildman–Crippen MR) is 119 cm³/mol. The van der Waals surface area contributed by atoms with Gasteiger partial charge in [0.05, 0.1) is 4.92 Å². The van der Waals surface area contributed by atoms with Crippen LogP contribution in [-0.2, 0) is 6.54 Å². The molecule has 0 amide bonds. The van der Waals surface area contributed by atoms with Crippen LogP contribution in [0.25, 0.3) is 21.9 Å². The van der Waals surface area contributed by atoms with Crippen molar-refractivity contribution >= 4 is 27.6 Å². The zero-order chi connectivity index (χ0) is 21.5. The van der Waals surface area contributed by atoms with E-state index in [-0.39, 0.29) is 16.7 Å². The van der Waals surface area contributed by atoms with E-state index in [4.69, 9.17) is 4.42 Å². The van der Waals surface area contributed by atoms with E-state index < -0.39 is 0 Å². The molecule has 31 heavy (non-hydrogen) atoms. The lowest BCUT2D eigenvalue weighted by Gasteiger charge is -2.11. The van der Waals surface area contributed by atoms with Gasteiger partial charge < -0.3 is 4.42 Å². The molecule has 5 aromatic rings. The minimum Gasteiger partial charge on any atom is -0.456 e. The summed E-state index contributed by atoms with van der Waals surface area (Å²) in [6.07, 6.45) is 4.14. The van der Waals surface area contributed by atoms with Gasteiger partial charge in [-0.05, 0) is 48.4 Å². The number of nitro benzene ring substituents is 1. The molecule has 0 aliphatic rings. The van der Waals surface area contributed by atoms with Crippen LogP contribution in [0.15, 0.2) is 83.5 Å². The van der Waals surface area contributed by atoms with Crippen LogP contribution in [0, 0.1) is 17.0 Å². The molecule has 1 unspecified atom stereocenters. The summed E-state index contributed by atoms with van der Waals surface area (Å²) in [4.78, 5) is 10.5. The number of fused-ring (bicyclic) bond motifs is 3. The molecular formula is C25H22N3O3+. The van der Waals surface area contributed by atoms with Gasteiger partial charge in [0.25, 0.3) is 11.5 Å². The van der Waals surface area contributed by atoms with Gasteiger partial charge in [-0.3, -0.25) is 10.1 Å². The van der Waals surface area contributed by atoms with Crippen molar-refractivity contribution in [3.8, 4) is 0 Å². The summed E-state index contributed by atoms with van der Waals surface area (Å²) in [5, 5.41) is 13.1. The first-order chi connectivity index (χ1) is 15.0. The van der Waals surface area contributed by atoms with Gasteiger partial charge in [0.2, 0.25) is 0 Å². The second-order valence-electron chi connectivity index (χ2n) is 7.83. The summed E-state index contributed by atoms with van der Waals surface area (Å²) in [6, 6.07) is 21.4. The molecule has 0 bridgehead atoms. The summed E-state index contributed by atoms with van der Waals surface area (Å²) in [5.74, 6) is 1.11. The van der Waals surface area contributed by atoms with Crippen LogP contribution in [0.1, 0.15) is 29.9 Å². The second kappa shape index (κ2) is 7.40. The topological polar surface area (TPSA) is 65.1 Å². The zero-order valence-corrected chi connectivity index (χ0v) is 17.4. The Balaban J connectivity index is 1.44. The van der Waals surface area contributed by atoms with Crippen LogP contribution in [0.4, 0.5) is 5.69 Å². The van der Waals surface area contributed by atoms with Crippen LogP contribution in [0.3, 0.4) is 0 Å². The molecule has 0 saturated carbocycles. The first kappa shape index (κ1) is 19.1. The molecule has 2 heterocycles. The van der Waals surface area contributed by atoms with Gasteiger partial charge in [-0.1, -0.05) is 24.3 Å². The van der Waals surface area contributed by atoms with Crippen LogP contribution in [0.5, 0.6) is 0 Å². The van der Waals surface area contributed by atoms with Crippen LogP contribution in [0.2, 0.25) is 0 Å². The third kappa shape index (κ3) is 3.36. The Bertz CT molecular complexity index is 1410. The highest BCUT2D eigenvalue weighted by atomic mass is 16.6. The molecule has 1 atom stereocenters. The van der Waals surface area contributed by atoms with Gasteiger partial charge in [-0.15, -0.1) is 0 Å². The minimum absolute atomic E-state index is 0.110. The molecule has 5 rings (SSSR count). The fourth-order valence-electron chi connectivity index (χ4n) is 4.18. The van der Waals surface area contributed by atoms with Crippen molar-refractivity contribution < 1.29 is 13.9 Å². The average Bonchev–Trinajstić information content (AvgIpc) is 3.33. The molecule has 0 spiro atoms. The first-order valence-electron chi connectivity index (χ1n) is 10.2. The minimum atomic E-state index is -0.375.